The van der Waals surface area contributed by atoms with Crippen molar-refractivity contribution in [3.63, 3.8) is 0 Å². The van der Waals surface area contributed by atoms with Crippen molar-refractivity contribution in [1.29, 1.82) is 0 Å². The highest BCUT2D eigenvalue weighted by Gasteiger charge is 2.42. The molecule has 4 rings (SSSR count). The van der Waals surface area contributed by atoms with Gasteiger partial charge in [-0.2, -0.15) is 0 Å². The smallest absolute Gasteiger partial charge is 0.0379 e. The molecule has 1 spiro atoms. The summed E-state index contributed by atoms with van der Waals surface area (Å²) in [5.74, 6) is 0.928. The van der Waals surface area contributed by atoms with E-state index in [1.807, 2.05) is 0 Å². The number of nitrogens with one attached hydrogen (secondary N) is 1. The Hall–Kier alpha value is -1.02. The molecular weight excluding hydrogens is 268 g/mol. The number of rotatable bonds is 1. The van der Waals surface area contributed by atoms with Crippen LogP contribution < -0.4 is 5.32 Å². The molecule has 1 aromatic carbocycles. The lowest BCUT2D eigenvalue weighted by atomic mass is 9.74. The molecule has 0 amide bonds. The quantitative estimate of drug-likeness (QED) is 0.759. The van der Waals surface area contributed by atoms with E-state index in [0.717, 1.165) is 18.5 Å². The van der Waals surface area contributed by atoms with E-state index < -0.39 is 0 Å². The maximum atomic E-state index is 3.65. The molecule has 122 valence electrons. The van der Waals surface area contributed by atoms with Gasteiger partial charge in [0.15, 0.2) is 0 Å². The van der Waals surface area contributed by atoms with E-state index in [1.54, 1.807) is 5.56 Å². The SMILES string of the molecule is CC1CCCCC(N2CCC3(CC2)CNc2ccccc23)C1.[HH]. The van der Waals surface area contributed by atoms with E-state index in [9.17, 15) is 0 Å². The van der Waals surface area contributed by atoms with Crippen molar-refractivity contribution < 1.29 is 1.43 Å². The van der Waals surface area contributed by atoms with Crippen LogP contribution in [-0.2, 0) is 5.41 Å². The third kappa shape index (κ3) is 2.56. The van der Waals surface area contributed by atoms with Gasteiger partial charge in [-0.15, -0.1) is 0 Å². The summed E-state index contributed by atoms with van der Waals surface area (Å²) in [6.45, 7) is 6.21. The molecule has 2 unspecified atom stereocenters. The summed E-state index contributed by atoms with van der Waals surface area (Å²) in [4.78, 5) is 2.83. The highest BCUT2D eigenvalue weighted by Crippen LogP contribution is 2.44. The van der Waals surface area contributed by atoms with E-state index >= 15 is 0 Å². The third-order valence-corrected chi connectivity index (χ3v) is 6.55. The summed E-state index contributed by atoms with van der Waals surface area (Å²) in [5.41, 5.74) is 3.40. The zero-order valence-corrected chi connectivity index (χ0v) is 14.0. The topological polar surface area (TPSA) is 15.3 Å². The number of benzene rings is 1. The zero-order valence-electron chi connectivity index (χ0n) is 14.0. The zero-order chi connectivity index (χ0) is 15.0. The number of fused-ring (bicyclic) bond motifs is 2. The van der Waals surface area contributed by atoms with Gasteiger partial charge in [-0.05, 0) is 56.3 Å². The first-order valence-corrected chi connectivity index (χ1v) is 9.34. The molecule has 2 atom stereocenters. The van der Waals surface area contributed by atoms with Gasteiger partial charge in [0.1, 0.15) is 0 Å². The number of hydrogen-bond donors (Lipinski definition) is 1. The Kier molecular flexibility index (Phi) is 3.89. The fraction of sp³-hybridized carbons (Fsp3) is 0.700. The van der Waals surface area contributed by atoms with Gasteiger partial charge >= 0.3 is 0 Å². The van der Waals surface area contributed by atoms with Crippen LogP contribution in [0.4, 0.5) is 5.69 Å². The van der Waals surface area contributed by atoms with Crippen molar-refractivity contribution >= 4 is 5.69 Å². The van der Waals surface area contributed by atoms with E-state index in [2.05, 4.69) is 41.4 Å². The van der Waals surface area contributed by atoms with Crippen LogP contribution in [-0.4, -0.2) is 30.6 Å². The first kappa shape index (κ1) is 14.6. The van der Waals surface area contributed by atoms with Crippen LogP contribution in [0.15, 0.2) is 24.3 Å². The summed E-state index contributed by atoms with van der Waals surface area (Å²) < 4.78 is 0. The third-order valence-electron chi connectivity index (χ3n) is 6.55. The van der Waals surface area contributed by atoms with Crippen molar-refractivity contribution in [2.45, 2.75) is 63.3 Å². The second-order valence-electron chi connectivity index (χ2n) is 7.99. The van der Waals surface area contributed by atoms with Crippen molar-refractivity contribution in [2.24, 2.45) is 5.92 Å². The summed E-state index contributed by atoms with van der Waals surface area (Å²) in [5, 5.41) is 3.65. The van der Waals surface area contributed by atoms with E-state index in [-0.39, 0.29) is 1.43 Å². The predicted molar refractivity (Wildman–Crippen MR) is 95.6 cm³/mol. The van der Waals surface area contributed by atoms with Crippen LogP contribution in [0.25, 0.3) is 0 Å². The molecule has 3 aliphatic rings. The molecule has 2 heterocycles. The Bertz CT molecular complexity index is 522. The minimum atomic E-state index is 0. The second kappa shape index (κ2) is 5.88. The highest BCUT2D eigenvalue weighted by molar-refractivity contribution is 5.60. The Morgan fingerprint density at radius 3 is 2.77 bits per heavy atom. The standard InChI is InChI=1S/C20H30N2.H2/c1-16-6-2-3-7-17(14-16)22-12-10-20(11-13-22)15-21-19-9-5-4-8-18(19)20;/h4-5,8-9,16-17,21H,2-3,6-7,10-15H2,1H3;1H. The fourth-order valence-corrected chi connectivity index (χ4v) is 5.13. The Labute approximate surface area is 136 Å². The molecule has 2 nitrogen and oxygen atoms in total. The maximum absolute atomic E-state index is 3.65. The van der Waals surface area contributed by atoms with E-state index in [0.29, 0.717) is 5.41 Å². The summed E-state index contributed by atoms with van der Waals surface area (Å²) >= 11 is 0. The lowest BCUT2D eigenvalue weighted by molar-refractivity contribution is 0.105. The van der Waals surface area contributed by atoms with Gasteiger partial charge in [-0.3, -0.25) is 0 Å². The van der Waals surface area contributed by atoms with E-state index in [1.165, 1.54) is 63.7 Å². The van der Waals surface area contributed by atoms with Crippen LogP contribution in [0.2, 0.25) is 0 Å². The lowest BCUT2D eigenvalue weighted by Crippen LogP contribution is -2.48. The first-order valence-electron chi connectivity index (χ1n) is 9.34. The van der Waals surface area contributed by atoms with Gasteiger partial charge in [0.05, 0.1) is 0 Å². The largest absolute Gasteiger partial charge is 0.384 e. The van der Waals surface area contributed by atoms with Gasteiger partial charge in [0.2, 0.25) is 0 Å². The molecule has 0 radical (unpaired) electrons. The highest BCUT2D eigenvalue weighted by atomic mass is 15.2. The minimum absolute atomic E-state index is 0. The molecule has 1 aliphatic carbocycles. The normalized spacial score (nSPS) is 31.5. The number of nitrogens with zero attached hydrogens (tertiary/aromatic N) is 1. The van der Waals surface area contributed by atoms with Crippen LogP contribution >= 0.6 is 0 Å². The summed E-state index contributed by atoms with van der Waals surface area (Å²) in [7, 11) is 0. The predicted octanol–water partition coefficient (Wildman–Crippen LogP) is 4.66. The molecule has 22 heavy (non-hydrogen) atoms. The van der Waals surface area contributed by atoms with Gasteiger partial charge in [-0.1, -0.05) is 44.4 Å². The summed E-state index contributed by atoms with van der Waals surface area (Å²) in [6.07, 6.45) is 9.89. The second-order valence-corrected chi connectivity index (χ2v) is 7.99. The number of para-hydroxylation sites is 1. The molecule has 0 bridgehead atoms. The average Bonchev–Trinajstić information content (AvgIpc) is 2.75. The first-order chi connectivity index (χ1) is 10.8. The number of likely N-dealkylation sites (tertiary alicyclic amines) is 1. The average molecular weight is 300 g/mol. The molecule has 1 N–H and O–H groups in total. The van der Waals surface area contributed by atoms with Crippen LogP contribution in [0.1, 0.15) is 58.9 Å². The molecule has 2 heteroatoms. The lowest BCUT2D eigenvalue weighted by Gasteiger charge is -2.43. The molecule has 1 aromatic rings. The summed E-state index contributed by atoms with van der Waals surface area (Å²) in [6, 6.07) is 9.85. The monoisotopic (exact) mass is 300 g/mol. The molecule has 1 saturated carbocycles. The van der Waals surface area contributed by atoms with Gasteiger partial charge < -0.3 is 10.2 Å². The molecule has 2 aliphatic heterocycles. The minimum Gasteiger partial charge on any atom is -0.384 e. The van der Waals surface area contributed by atoms with Crippen molar-refractivity contribution in [1.82, 2.24) is 4.90 Å². The molecule has 0 aromatic heterocycles. The van der Waals surface area contributed by atoms with Crippen LogP contribution in [0.5, 0.6) is 0 Å². The van der Waals surface area contributed by atoms with E-state index in [4.69, 9.17) is 0 Å². The Morgan fingerprint density at radius 1 is 1.14 bits per heavy atom. The Morgan fingerprint density at radius 2 is 1.91 bits per heavy atom. The number of anilines is 1. The van der Waals surface area contributed by atoms with Crippen LogP contribution in [0, 0.1) is 5.92 Å². The van der Waals surface area contributed by atoms with Crippen molar-refractivity contribution in [2.75, 3.05) is 25.0 Å². The van der Waals surface area contributed by atoms with Crippen molar-refractivity contribution in [3.8, 4) is 0 Å². The number of hydrogen-bond acceptors (Lipinski definition) is 2. The molecule has 2 fully saturated rings. The molecule has 1 saturated heterocycles. The van der Waals surface area contributed by atoms with Gasteiger partial charge in [-0.25, -0.2) is 0 Å². The maximum Gasteiger partial charge on any atom is 0.0379 e. The van der Waals surface area contributed by atoms with Gasteiger partial charge in [0.25, 0.3) is 0 Å². The molecular formula is C20H32N2. The van der Waals surface area contributed by atoms with Crippen LogP contribution in [0.3, 0.4) is 0 Å². The Balaban J connectivity index is 0.00000156. The number of piperidine rings is 1. The van der Waals surface area contributed by atoms with Crippen molar-refractivity contribution in [3.05, 3.63) is 29.8 Å². The van der Waals surface area contributed by atoms with Gasteiger partial charge in [0, 0.05) is 25.1 Å². The fourth-order valence-electron chi connectivity index (χ4n) is 5.13.